The summed E-state index contributed by atoms with van der Waals surface area (Å²) in [6.45, 7) is 7.90. The molecule has 1 saturated heterocycles. The van der Waals surface area contributed by atoms with E-state index in [0.717, 1.165) is 37.5 Å². The number of hydrogen-bond acceptors (Lipinski definition) is 3. The summed E-state index contributed by atoms with van der Waals surface area (Å²) in [5, 5.41) is 0. The van der Waals surface area contributed by atoms with Crippen LogP contribution < -0.4 is 4.74 Å². The van der Waals surface area contributed by atoms with Gasteiger partial charge in [0.05, 0.1) is 11.8 Å². The summed E-state index contributed by atoms with van der Waals surface area (Å²) in [5.74, 6) is 1.37. The van der Waals surface area contributed by atoms with E-state index >= 15 is 0 Å². The summed E-state index contributed by atoms with van der Waals surface area (Å²) in [6, 6.07) is 4.02. The van der Waals surface area contributed by atoms with Crippen molar-refractivity contribution in [2.45, 2.75) is 45.6 Å². The lowest BCUT2D eigenvalue weighted by Gasteiger charge is -2.20. The van der Waals surface area contributed by atoms with Gasteiger partial charge >= 0.3 is 0 Å². The van der Waals surface area contributed by atoms with Crippen LogP contribution in [0.25, 0.3) is 5.65 Å². The lowest BCUT2D eigenvalue weighted by Crippen LogP contribution is -2.15. The molecule has 1 aliphatic rings. The van der Waals surface area contributed by atoms with Crippen LogP contribution in [-0.2, 0) is 4.74 Å². The van der Waals surface area contributed by atoms with E-state index in [1.54, 1.807) is 0 Å². The third-order valence-electron chi connectivity index (χ3n) is 3.86. The molecular formula is C16H22N2O2. The van der Waals surface area contributed by atoms with Crippen molar-refractivity contribution in [3.8, 4) is 5.75 Å². The number of pyridine rings is 1. The fraction of sp³-hybridized carbons (Fsp3) is 0.562. The number of aromatic nitrogens is 2. The molecule has 0 atom stereocenters. The van der Waals surface area contributed by atoms with Crippen LogP contribution in [0.5, 0.6) is 5.75 Å². The Hall–Kier alpha value is -1.55. The van der Waals surface area contributed by atoms with Crippen LogP contribution in [0.1, 0.15) is 44.0 Å². The summed E-state index contributed by atoms with van der Waals surface area (Å²) in [5.41, 5.74) is 3.36. The molecule has 2 aromatic heterocycles. The van der Waals surface area contributed by atoms with E-state index in [-0.39, 0.29) is 6.10 Å². The van der Waals surface area contributed by atoms with Crippen molar-refractivity contribution in [1.29, 1.82) is 0 Å². The summed E-state index contributed by atoms with van der Waals surface area (Å²) in [4.78, 5) is 4.87. The van der Waals surface area contributed by atoms with Crippen molar-refractivity contribution < 1.29 is 9.47 Å². The van der Waals surface area contributed by atoms with Crippen LogP contribution in [0.2, 0.25) is 0 Å². The fourth-order valence-electron chi connectivity index (χ4n) is 2.88. The second-order valence-corrected chi connectivity index (χ2v) is 5.70. The summed E-state index contributed by atoms with van der Waals surface area (Å²) in [6.07, 6.45) is 4.34. The number of aryl methyl sites for hydroxylation is 1. The van der Waals surface area contributed by atoms with Gasteiger partial charge in [0, 0.05) is 31.0 Å². The minimum atomic E-state index is 0.157. The van der Waals surface area contributed by atoms with E-state index in [9.17, 15) is 0 Å². The van der Waals surface area contributed by atoms with Crippen LogP contribution in [0.4, 0.5) is 0 Å². The third-order valence-corrected chi connectivity index (χ3v) is 3.86. The van der Waals surface area contributed by atoms with E-state index in [2.05, 4.69) is 17.5 Å². The molecule has 0 N–H and O–H groups in total. The zero-order valence-electron chi connectivity index (χ0n) is 12.4. The van der Waals surface area contributed by atoms with E-state index in [1.165, 1.54) is 11.4 Å². The van der Waals surface area contributed by atoms with E-state index in [4.69, 9.17) is 14.5 Å². The van der Waals surface area contributed by atoms with Crippen LogP contribution in [0.15, 0.2) is 18.3 Å². The Kier molecular flexibility index (Phi) is 3.66. The SMILES string of the molecule is Cc1c(C2CCOCC2)nc2c(OC(C)C)cccn12. The monoisotopic (exact) mass is 274 g/mol. The van der Waals surface area contributed by atoms with Crippen molar-refractivity contribution in [2.24, 2.45) is 0 Å². The maximum absolute atomic E-state index is 5.88. The molecular weight excluding hydrogens is 252 g/mol. The highest BCUT2D eigenvalue weighted by molar-refractivity contribution is 5.56. The first kappa shape index (κ1) is 13.4. The summed E-state index contributed by atoms with van der Waals surface area (Å²) in [7, 11) is 0. The Morgan fingerprint density at radius 1 is 1.35 bits per heavy atom. The van der Waals surface area contributed by atoms with Crippen molar-refractivity contribution in [3.63, 3.8) is 0 Å². The van der Waals surface area contributed by atoms with E-state index in [0.29, 0.717) is 5.92 Å². The molecule has 0 aromatic carbocycles. The van der Waals surface area contributed by atoms with Crippen molar-refractivity contribution in [1.82, 2.24) is 9.38 Å². The molecule has 0 radical (unpaired) electrons. The molecule has 0 spiro atoms. The topological polar surface area (TPSA) is 35.8 Å². The van der Waals surface area contributed by atoms with Gasteiger partial charge in [0.15, 0.2) is 11.4 Å². The first-order valence-corrected chi connectivity index (χ1v) is 7.39. The number of imidazole rings is 1. The molecule has 1 fully saturated rings. The van der Waals surface area contributed by atoms with Crippen molar-refractivity contribution in [3.05, 3.63) is 29.7 Å². The first-order valence-electron chi connectivity index (χ1n) is 7.39. The van der Waals surface area contributed by atoms with Gasteiger partial charge in [-0.3, -0.25) is 0 Å². The fourth-order valence-corrected chi connectivity index (χ4v) is 2.88. The molecule has 0 unspecified atom stereocenters. The maximum atomic E-state index is 5.88. The van der Waals surface area contributed by atoms with E-state index < -0.39 is 0 Å². The van der Waals surface area contributed by atoms with Gasteiger partial charge in [-0.15, -0.1) is 0 Å². The zero-order chi connectivity index (χ0) is 14.1. The smallest absolute Gasteiger partial charge is 0.180 e. The molecule has 3 rings (SSSR count). The maximum Gasteiger partial charge on any atom is 0.180 e. The molecule has 1 aliphatic heterocycles. The average molecular weight is 274 g/mol. The minimum absolute atomic E-state index is 0.157. The van der Waals surface area contributed by atoms with Gasteiger partial charge in [-0.2, -0.15) is 0 Å². The van der Waals surface area contributed by atoms with Crippen LogP contribution in [0, 0.1) is 6.92 Å². The molecule has 0 saturated carbocycles. The van der Waals surface area contributed by atoms with E-state index in [1.807, 2.05) is 26.0 Å². The molecule has 0 amide bonds. The van der Waals surface area contributed by atoms with Gasteiger partial charge in [0.25, 0.3) is 0 Å². The number of nitrogens with zero attached hydrogens (tertiary/aromatic N) is 2. The van der Waals surface area contributed by atoms with Crippen LogP contribution >= 0.6 is 0 Å². The molecule has 20 heavy (non-hydrogen) atoms. The molecule has 108 valence electrons. The molecule has 4 heteroatoms. The van der Waals surface area contributed by atoms with Gasteiger partial charge in [0.1, 0.15) is 0 Å². The number of rotatable bonds is 3. The van der Waals surface area contributed by atoms with Crippen molar-refractivity contribution >= 4 is 5.65 Å². The van der Waals surface area contributed by atoms with Crippen LogP contribution in [-0.4, -0.2) is 28.7 Å². The highest BCUT2D eigenvalue weighted by Crippen LogP contribution is 2.31. The Balaban J connectivity index is 2.04. The third kappa shape index (κ3) is 2.40. The zero-order valence-corrected chi connectivity index (χ0v) is 12.4. The Morgan fingerprint density at radius 2 is 2.10 bits per heavy atom. The second kappa shape index (κ2) is 5.44. The predicted octanol–water partition coefficient (Wildman–Crippen LogP) is 3.32. The van der Waals surface area contributed by atoms with Gasteiger partial charge in [-0.25, -0.2) is 4.98 Å². The Bertz CT molecular complexity index is 598. The first-order chi connectivity index (χ1) is 9.66. The average Bonchev–Trinajstić information content (AvgIpc) is 2.78. The van der Waals surface area contributed by atoms with Gasteiger partial charge in [-0.1, -0.05) is 0 Å². The Labute approximate surface area is 119 Å². The van der Waals surface area contributed by atoms with Crippen molar-refractivity contribution in [2.75, 3.05) is 13.2 Å². The normalized spacial score (nSPS) is 17.0. The van der Waals surface area contributed by atoms with Gasteiger partial charge in [-0.05, 0) is 45.7 Å². The Morgan fingerprint density at radius 3 is 2.80 bits per heavy atom. The van der Waals surface area contributed by atoms with Gasteiger partial charge < -0.3 is 13.9 Å². The molecule has 4 nitrogen and oxygen atoms in total. The number of hydrogen-bond donors (Lipinski definition) is 0. The lowest BCUT2D eigenvalue weighted by molar-refractivity contribution is 0.0845. The molecule has 2 aromatic rings. The molecule has 3 heterocycles. The highest BCUT2D eigenvalue weighted by atomic mass is 16.5. The van der Waals surface area contributed by atoms with Gasteiger partial charge in [0.2, 0.25) is 0 Å². The lowest BCUT2D eigenvalue weighted by atomic mass is 9.95. The standard InChI is InChI=1S/C16H22N2O2/c1-11(2)20-14-5-4-8-18-12(3)15(17-16(14)18)13-6-9-19-10-7-13/h4-5,8,11,13H,6-7,9-10H2,1-3H3. The largest absolute Gasteiger partial charge is 0.487 e. The number of ether oxygens (including phenoxy) is 2. The van der Waals surface area contributed by atoms with Crippen LogP contribution in [0.3, 0.4) is 0 Å². The highest BCUT2D eigenvalue weighted by Gasteiger charge is 2.22. The second-order valence-electron chi connectivity index (χ2n) is 5.70. The summed E-state index contributed by atoms with van der Waals surface area (Å²) >= 11 is 0. The predicted molar refractivity (Wildman–Crippen MR) is 78.5 cm³/mol. The minimum Gasteiger partial charge on any atom is -0.487 e. The molecule has 0 bridgehead atoms. The number of fused-ring (bicyclic) bond motifs is 1. The quantitative estimate of drug-likeness (QED) is 0.861. The summed E-state index contributed by atoms with van der Waals surface area (Å²) < 4.78 is 13.5. The molecule has 0 aliphatic carbocycles.